The van der Waals surface area contributed by atoms with Crippen LogP contribution in [0.25, 0.3) is 5.57 Å². The van der Waals surface area contributed by atoms with Crippen molar-refractivity contribution in [2.75, 3.05) is 20.6 Å². The highest BCUT2D eigenvalue weighted by atomic mass is 35.5. The largest absolute Gasteiger partial charge is 1.00 e. The van der Waals surface area contributed by atoms with Gasteiger partial charge in [0.2, 0.25) is 0 Å². The number of nitrogens with one attached hydrogen (secondary N) is 1. The predicted molar refractivity (Wildman–Crippen MR) is 82.2 cm³/mol. The second kappa shape index (κ2) is 8.66. The normalized spacial score (nSPS) is 10.2. The van der Waals surface area contributed by atoms with Crippen LogP contribution in [0.2, 0.25) is 0 Å². The maximum atomic E-state index is 13.1. The minimum atomic E-state index is -0.255. The summed E-state index contributed by atoms with van der Waals surface area (Å²) >= 11 is 0. The van der Waals surface area contributed by atoms with E-state index in [2.05, 4.69) is 20.2 Å². The Labute approximate surface area is 136 Å². The third kappa shape index (κ3) is 5.24. The quantitative estimate of drug-likeness (QED) is 0.786. The van der Waals surface area contributed by atoms with Crippen LogP contribution in [0.5, 0.6) is 0 Å². The van der Waals surface area contributed by atoms with Crippen molar-refractivity contribution in [2.45, 2.75) is 6.42 Å². The summed E-state index contributed by atoms with van der Waals surface area (Å²) in [6, 6.07) is 12.8. The lowest BCUT2D eigenvalue weighted by Crippen LogP contribution is -3.05. The molecule has 2 aromatic rings. The maximum Gasteiger partial charge on any atom is 0.123 e. The maximum absolute atomic E-state index is 13.1. The lowest BCUT2D eigenvalue weighted by molar-refractivity contribution is -0.857. The monoisotopic (exact) mass is 323 g/mol. The standard InChI is InChI=1S/C18H19F2N.ClH/c1-21(2)13-3-4-18(14-5-9-16(19)10-6-14)15-7-11-17(20)12-8-15;/h4-12H,3,13H2,1-2H3;1H. The van der Waals surface area contributed by atoms with Gasteiger partial charge in [-0.2, -0.15) is 0 Å². The first-order valence-electron chi connectivity index (χ1n) is 7.07. The molecule has 1 N–H and O–H groups in total. The van der Waals surface area contributed by atoms with E-state index in [4.69, 9.17) is 0 Å². The minimum absolute atomic E-state index is 0. The highest BCUT2D eigenvalue weighted by Crippen LogP contribution is 2.24. The summed E-state index contributed by atoms with van der Waals surface area (Å²) < 4.78 is 26.2. The number of hydrogen-bond donors (Lipinski definition) is 1. The van der Waals surface area contributed by atoms with Crippen LogP contribution in [0, 0.1) is 11.6 Å². The van der Waals surface area contributed by atoms with E-state index in [1.165, 1.54) is 29.2 Å². The van der Waals surface area contributed by atoms with E-state index >= 15 is 0 Å². The first-order chi connectivity index (χ1) is 10.1. The molecule has 0 spiro atoms. The van der Waals surface area contributed by atoms with Gasteiger partial charge in [0.25, 0.3) is 0 Å². The van der Waals surface area contributed by atoms with Gasteiger partial charge in [0.05, 0.1) is 20.6 Å². The van der Waals surface area contributed by atoms with Crippen molar-refractivity contribution in [1.82, 2.24) is 0 Å². The van der Waals surface area contributed by atoms with E-state index in [9.17, 15) is 8.78 Å². The lowest BCUT2D eigenvalue weighted by atomic mass is 9.97. The summed E-state index contributed by atoms with van der Waals surface area (Å²) in [7, 11) is 4.20. The van der Waals surface area contributed by atoms with Crippen LogP contribution in [-0.2, 0) is 0 Å². The average molecular weight is 324 g/mol. The fraction of sp³-hybridized carbons (Fsp3) is 0.222. The van der Waals surface area contributed by atoms with Gasteiger partial charge in [0.1, 0.15) is 11.6 Å². The van der Waals surface area contributed by atoms with E-state index in [1.807, 2.05) is 0 Å². The average Bonchev–Trinajstić information content (AvgIpc) is 2.46. The molecule has 0 atom stereocenters. The molecular formula is C18H20ClF2N. The predicted octanol–water partition coefficient (Wildman–Crippen LogP) is -0.0649. The number of quaternary nitrogens is 1. The van der Waals surface area contributed by atoms with Gasteiger partial charge in [-0.3, -0.25) is 0 Å². The molecule has 0 aliphatic heterocycles. The zero-order valence-electron chi connectivity index (χ0n) is 12.7. The van der Waals surface area contributed by atoms with Gasteiger partial charge in [-0.05, 0) is 41.0 Å². The van der Waals surface area contributed by atoms with Gasteiger partial charge >= 0.3 is 0 Å². The van der Waals surface area contributed by atoms with Crippen LogP contribution in [0.1, 0.15) is 17.5 Å². The van der Waals surface area contributed by atoms with E-state index < -0.39 is 0 Å². The second-order valence-electron chi connectivity index (χ2n) is 5.38. The number of halogens is 3. The minimum Gasteiger partial charge on any atom is -1.00 e. The SMILES string of the molecule is C[NH+](C)CCC=C(c1ccc(F)cc1)c1ccc(F)cc1.[Cl-]. The Morgan fingerprint density at radius 1 is 0.864 bits per heavy atom. The Morgan fingerprint density at radius 3 is 1.64 bits per heavy atom. The molecule has 0 bridgehead atoms. The van der Waals surface area contributed by atoms with Crippen LogP contribution < -0.4 is 17.3 Å². The third-order valence-electron chi connectivity index (χ3n) is 3.30. The fourth-order valence-electron chi connectivity index (χ4n) is 2.17. The van der Waals surface area contributed by atoms with Crippen LogP contribution in [0.3, 0.4) is 0 Å². The molecule has 2 rings (SSSR count). The van der Waals surface area contributed by atoms with Crippen LogP contribution in [-0.4, -0.2) is 20.6 Å². The number of rotatable bonds is 5. The Balaban J connectivity index is 0.00000242. The Morgan fingerprint density at radius 2 is 1.27 bits per heavy atom. The fourth-order valence-corrected chi connectivity index (χ4v) is 2.17. The summed E-state index contributed by atoms with van der Waals surface area (Å²) in [5.41, 5.74) is 2.89. The number of hydrogen-bond acceptors (Lipinski definition) is 0. The van der Waals surface area contributed by atoms with Gasteiger partial charge in [0.15, 0.2) is 0 Å². The van der Waals surface area contributed by atoms with E-state index in [-0.39, 0.29) is 24.0 Å². The summed E-state index contributed by atoms with van der Waals surface area (Å²) in [4.78, 5) is 1.36. The van der Waals surface area contributed by atoms with Gasteiger partial charge in [0, 0.05) is 6.42 Å². The van der Waals surface area contributed by atoms with E-state index in [0.717, 1.165) is 29.7 Å². The topological polar surface area (TPSA) is 4.44 Å². The van der Waals surface area contributed by atoms with E-state index in [0.29, 0.717) is 0 Å². The molecule has 0 unspecified atom stereocenters. The van der Waals surface area contributed by atoms with Crippen LogP contribution >= 0.6 is 0 Å². The van der Waals surface area contributed by atoms with Crippen LogP contribution in [0.4, 0.5) is 8.78 Å². The highest BCUT2D eigenvalue weighted by Gasteiger charge is 2.06. The third-order valence-corrected chi connectivity index (χ3v) is 3.30. The van der Waals surface area contributed by atoms with Gasteiger partial charge in [-0.15, -0.1) is 0 Å². The Hall–Kier alpha value is -1.71. The zero-order chi connectivity index (χ0) is 15.2. The second-order valence-corrected chi connectivity index (χ2v) is 5.38. The van der Waals surface area contributed by atoms with Crippen molar-refractivity contribution in [3.8, 4) is 0 Å². The molecule has 2 aromatic carbocycles. The van der Waals surface area contributed by atoms with Gasteiger partial charge in [-0.1, -0.05) is 30.3 Å². The molecule has 0 heterocycles. The van der Waals surface area contributed by atoms with Crippen molar-refractivity contribution < 1.29 is 26.1 Å². The Kier molecular flexibility index (Phi) is 7.22. The molecule has 1 nitrogen and oxygen atoms in total. The molecular weight excluding hydrogens is 304 g/mol. The number of benzene rings is 2. The first kappa shape index (κ1) is 18.3. The summed E-state index contributed by atoms with van der Waals surface area (Å²) in [6.07, 6.45) is 3.04. The first-order valence-corrected chi connectivity index (χ1v) is 7.07. The highest BCUT2D eigenvalue weighted by molar-refractivity contribution is 5.79. The summed E-state index contributed by atoms with van der Waals surface area (Å²) in [5, 5.41) is 0. The zero-order valence-corrected chi connectivity index (χ0v) is 13.5. The van der Waals surface area contributed by atoms with E-state index in [1.54, 1.807) is 24.3 Å². The van der Waals surface area contributed by atoms with Crippen molar-refractivity contribution >= 4 is 5.57 Å². The molecule has 0 aliphatic carbocycles. The van der Waals surface area contributed by atoms with Gasteiger partial charge in [-0.25, -0.2) is 8.78 Å². The molecule has 0 amide bonds. The molecule has 0 aromatic heterocycles. The molecule has 0 aliphatic rings. The molecule has 0 saturated carbocycles. The lowest BCUT2D eigenvalue weighted by Gasteiger charge is -2.10. The van der Waals surface area contributed by atoms with Crippen molar-refractivity contribution in [3.05, 3.63) is 77.4 Å². The van der Waals surface area contributed by atoms with Crippen molar-refractivity contribution in [2.24, 2.45) is 0 Å². The molecule has 22 heavy (non-hydrogen) atoms. The molecule has 0 fully saturated rings. The van der Waals surface area contributed by atoms with Gasteiger partial charge < -0.3 is 17.3 Å². The molecule has 0 saturated heterocycles. The van der Waals surface area contributed by atoms with Crippen molar-refractivity contribution in [3.63, 3.8) is 0 Å². The van der Waals surface area contributed by atoms with Crippen molar-refractivity contribution in [1.29, 1.82) is 0 Å². The molecule has 0 radical (unpaired) electrons. The Bertz CT molecular complexity index is 556. The summed E-state index contributed by atoms with van der Waals surface area (Å²) in [6.45, 7) is 1.01. The summed E-state index contributed by atoms with van der Waals surface area (Å²) in [5.74, 6) is -0.509. The molecule has 4 heteroatoms. The smallest absolute Gasteiger partial charge is 0.123 e. The van der Waals surface area contributed by atoms with Crippen LogP contribution in [0.15, 0.2) is 54.6 Å². The molecule has 118 valence electrons.